The first-order valence-electron chi connectivity index (χ1n) is 13.2. The third-order valence-corrected chi connectivity index (χ3v) is 7.16. The zero-order valence-corrected chi connectivity index (χ0v) is 20.6. The van der Waals surface area contributed by atoms with E-state index in [1.807, 2.05) is 35.2 Å². The number of nitrogens with one attached hydrogen (secondary N) is 1. The van der Waals surface area contributed by atoms with Gasteiger partial charge in [-0.3, -0.25) is 9.59 Å². The number of piperidine rings is 1. The van der Waals surface area contributed by atoms with Gasteiger partial charge in [0.1, 0.15) is 5.76 Å². The van der Waals surface area contributed by atoms with Crippen LogP contribution in [0.5, 0.6) is 0 Å². The highest BCUT2D eigenvalue weighted by atomic mass is 16.3. The van der Waals surface area contributed by atoms with E-state index in [1.165, 1.54) is 12.8 Å². The van der Waals surface area contributed by atoms with Gasteiger partial charge in [0.05, 0.1) is 24.1 Å². The van der Waals surface area contributed by atoms with E-state index in [0.29, 0.717) is 17.8 Å². The summed E-state index contributed by atoms with van der Waals surface area (Å²) in [6, 6.07) is 9.73. The van der Waals surface area contributed by atoms with Crippen LogP contribution in [-0.2, 0) is 11.3 Å². The normalized spacial score (nSPS) is 16.9. The minimum Gasteiger partial charge on any atom is -0.467 e. The molecule has 2 aliphatic rings. The molecule has 1 saturated heterocycles. The smallest absolute Gasteiger partial charge is 0.256 e. The summed E-state index contributed by atoms with van der Waals surface area (Å²) < 4.78 is 5.63. The third kappa shape index (κ3) is 6.22. The molecular formula is C28H39N3O3. The number of furan rings is 1. The monoisotopic (exact) mass is 465 g/mol. The number of nitrogens with zero attached hydrogens (tertiary/aromatic N) is 2. The van der Waals surface area contributed by atoms with Crippen molar-refractivity contribution in [3.05, 3.63) is 47.9 Å². The van der Waals surface area contributed by atoms with E-state index in [2.05, 4.69) is 17.1 Å². The summed E-state index contributed by atoms with van der Waals surface area (Å²) in [6.45, 7) is 5.22. The standard InChI is InChI=1S/C28H39N3O3/c1-2-3-16-31(21-24-13-10-19-34-24)26-15-14-23(29-27(32)22-11-6-4-7-12-22)20-25(26)28(33)30-17-8-5-9-18-30/h10,13-15,19-20,22H,2-9,11-12,16-18,21H2,1H3,(H,29,32). The van der Waals surface area contributed by atoms with E-state index >= 15 is 0 Å². The van der Waals surface area contributed by atoms with Crippen molar-refractivity contribution in [3.8, 4) is 0 Å². The molecule has 0 radical (unpaired) electrons. The largest absolute Gasteiger partial charge is 0.467 e. The van der Waals surface area contributed by atoms with Crippen molar-refractivity contribution >= 4 is 23.2 Å². The maximum atomic E-state index is 13.7. The van der Waals surface area contributed by atoms with Crippen LogP contribution >= 0.6 is 0 Å². The van der Waals surface area contributed by atoms with Crippen LogP contribution in [0.15, 0.2) is 41.0 Å². The lowest BCUT2D eigenvalue weighted by Gasteiger charge is -2.31. The fourth-order valence-corrected chi connectivity index (χ4v) is 5.16. The second-order valence-corrected chi connectivity index (χ2v) is 9.76. The topological polar surface area (TPSA) is 65.8 Å². The van der Waals surface area contributed by atoms with Gasteiger partial charge in [-0.05, 0) is 68.9 Å². The van der Waals surface area contributed by atoms with Crippen LogP contribution in [0.3, 0.4) is 0 Å². The molecule has 1 aliphatic carbocycles. The summed E-state index contributed by atoms with van der Waals surface area (Å²) in [5.74, 6) is 1.10. The first-order chi connectivity index (χ1) is 16.7. The number of anilines is 2. The predicted molar refractivity (Wildman–Crippen MR) is 136 cm³/mol. The van der Waals surface area contributed by atoms with Crippen LogP contribution in [0.2, 0.25) is 0 Å². The number of carbonyl (C=O) groups excluding carboxylic acids is 2. The van der Waals surface area contributed by atoms with Gasteiger partial charge in [0, 0.05) is 31.2 Å². The molecule has 0 atom stereocenters. The molecule has 0 spiro atoms. The molecular weight excluding hydrogens is 426 g/mol. The summed E-state index contributed by atoms with van der Waals surface area (Å²) in [6.07, 6.45) is 12.4. The second kappa shape index (κ2) is 12.1. The van der Waals surface area contributed by atoms with E-state index in [-0.39, 0.29) is 17.7 Å². The lowest BCUT2D eigenvalue weighted by Crippen LogP contribution is -2.37. The average Bonchev–Trinajstić information content (AvgIpc) is 3.40. The van der Waals surface area contributed by atoms with Crippen molar-refractivity contribution in [3.63, 3.8) is 0 Å². The quantitative estimate of drug-likeness (QED) is 0.477. The first kappa shape index (κ1) is 24.4. The third-order valence-electron chi connectivity index (χ3n) is 7.16. The summed E-state index contributed by atoms with van der Waals surface area (Å²) >= 11 is 0. The predicted octanol–water partition coefficient (Wildman–Crippen LogP) is 6.23. The van der Waals surface area contributed by atoms with Gasteiger partial charge in [-0.2, -0.15) is 0 Å². The molecule has 2 heterocycles. The Hall–Kier alpha value is -2.76. The van der Waals surface area contributed by atoms with Crippen molar-refractivity contribution in [2.24, 2.45) is 5.92 Å². The van der Waals surface area contributed by atoms with E-state index < -0.39 is 0 Å². The molecule has 1 aromatic heterocycles. The van der Waals surface area contributed by atoms with Crippen LogP contribution < -0.4 is 10.2 Å². The van der Waals surface area contributed by atoms with Crippen LogP contribution in [0, 0.1) is 5.92 Å². The van der Waals surface area contributed by atoms with Gasteiger partial charge in [-0.25, -0.2) is 0 Å². The highest BCUT2D eigenvalue weighted by Gasteiger charge is 2.26. The molecule has 184 valence electrons. The van der Waals surface area contributed by atoms with Gasteiger partial charge >= 0.3 is 0 Å². The van der Waals surface area contributed by atoms with Crippen LogP contribution in [0.25, 0.3) is 0 Å². The second-order valence-electron chi connectivity index (χ2n) is 9.76. The van der Waals surface area contributed by atoms with Gasteiger partial charge in [0.25, 0.3) is 5.91 Å². The first-order valence-corrected chi connectivity index (χ1v) is 13.2. The van der Waals surface area contributed by atoms with Gasteiger partial charge < -0.3 is 19.5 Å². The Morgan fingerprint density at radius 2 is 1.82 bits per heavy atom. The summed E-state index contributed by atoms with van der Waals surface area (Å²) in [7, 11) is 0. The Morgan fingerprint density at radius 3 is 2.53 bits per heavy atom. The number of hydrogen-bond donors (Lipinski definition) is 1. The van der Waals surface area contributed by atoms with Gasteiger partial charge in [0.15, 0.2) is 0 Å². The Morgan fingerprint density at radius 1 is 1.06 bits per heavy atom. The van der Waals surface area contributed by atoms with E-state index in [0.717, 1.165) is 82.4 Å². The molecule has 1 aromatic carbocycles. The zero-order chi connectivity index (χ0) is 23.8. The molecule has 34 heavy (non-hydrogen) atoms. The maximum Gasteiger partial charge on any atom is 0.256 e. The fourth-order valence-electron chi connectivity index (χ4n) is 5.16. The lowest BCUT2D eigenvalue weighted by molar-refractivity contribution is -0.120. The van der Waals surface area contributed by atoms with Crippen molar-refractivity contribution in [1.29, 1.82) is 0 Å². The molecule has 6 heteroatoms. The molecule has 4 rings (SSSR count). The van der Waals surface area contributed by atoms with Crippen molar-refractivity contribution in [2.45, 2.75) is 77.7 Å². The lowest BCUT2D eigenvalue weighted by atomic mass is 9.88. The average molecular weight is 466 g/mol. The highest BCUT2D eigenvalue weighted by Crippen LogP contribution is 2.30. The fraction of sp³-hybridized carbons (Fsp3) is 0.571. The number of unbranched alkanes of at least 4 members (excludes halogenated alkanes) is 1. The molecule has 1 N–H and O–H groups in total. The van der Waals surface area contributed by atoms with Crippen molar-refractivity contribution in [1.82, 2.24) is 4.90 Å². The van der Waals surface area contributed by atoms with Gasteiger partial charge in [-0.15, -0.1) is 0 Å². The number of benzene rings is 1. The number of amides is 2. The Kier molecular flexibility index (Phi) is 8.67. The SMILES string of the molecule is CCCCN(Cc1ccco1)c1ccc(NC(=O)C2CCCCC2)cc1C(=O)N1CCCCC1. The molecule has 2 amide bonds. The van der Waals surface area contributed by atoms with Crippen LogP contribution in [0.1, 0.15) is 87.3 Å². The molecule has 0 unspecified atom stereocenters. The maximum absolute atomic E-state index is 13.7. The summed E-state index contributed by atoms with van der Waals surface area (Å²) in [5, 5.41) is 3.12. The minimum atomic E-state index is 0.0596. The van der Waals surface area contributed by atoms with Crippen molar-refractivity contribution < 1.29 is 14.0 Å². The Balaban J connectivity index is 1.62. The van der Waals surface area contributed by atoms with Crippen molar-refractivity contribution in [2.75, 3.05) is 29.9 Å². The number of hydrogen-bond acceptors (Lipinski definition) is 4. The van der Waals surface area contributed by atoms with Crippen LogP contribution in [-0.4, -0.2) is 36.3 Å². The van der Waals surface area contributed by atoms with Gasteiger partial charge in [-0.1, -0.05) is 32.6 Å². The molecule has 6 nitrogen and oxygen atoms in total. The van der Waals surface area contributed by atoms with Gasteiger partial charge in [0.2, 0.25) is 5.91 Å². The molecule has 1 aliphatic heterocycles. The van der Waals surface area contributed by atoms with Crippen LogP contribution in [0.4, 0.5) is 11.4 Å². The molecule has 1 saturated carbocycles. The molecule has 2 fully saturated rings. The van der Waals surface area contributed by atoms with E-state index in [4.69, 9.17) is 4.42 Å². The zero-order valence-electron chi connectivity index (χ0n) is 20.6. The summed E-state index contributed by atoms with van der Waals surface area (Å²) in [4.78, 5) is 30.8. The minimum absolute atomic E-state index is 0.0596. The summed E-state index contributed by atoms with van der Waals surface area (Å²) in [5.41, 5.74) is 2.30. The Labute approximate surface area is 203 Å². The Bertz CT molecular complexity index is 928. The number of likely N-dealkylation sites (tertiary alicyclic amines) is 1. The van der Waals surface area contributed by atoms with E-state index in [9.17, 15) is 9.59 Å². The molecule has 2 aromatic rings. The van der Waals surface area contributed by atoms with E-state index in [1.54, 1.807) is 6.26 Å². The number of rotatable bonds is 9. The molecule has 0 bridgehead atoms. The number of carbonyl (C=O) groups is 2. The highest BCUT2D eigenvalue weighted by molar-refractivity contribution is 6.02.